The number of Topliss-reactive ketones (excluding diaryl/α,β-unsaturated/α-hetero) is 1. The minimum atomic E-state index is -0.393. The molecule has 1 atom stereocenters. The second kappa shape index (κ2) is 7.63. The van der Waals surface area contributed by atoms with Gasteiger partial charge in [-0.2, -0.15) is 0 Å². The van der Waals surface area contributed by atoms with Crippen molar-refractivity contribution in [1.82, 2.24) is 0 Å². The van der Waals surface area contributed by atoms with Crippen LogP contribution in [0.1, 0.15) is 47.9 Å². The van der Waals surface area contributed by atoms with Gasteiger partial charge in [0, 0.05) is 29.4 Å². The van der Waals surface area contributed by atoms with Crippen molar-refractivity contribution < 1.29 is 13.9 Å². The molecule has 1 aliphatic carbocycles. The highest BCUT2D eigenvalue weighted by atomic mass is 16.5. The zero-order valence-electron chi connectivity index (χ0n) is 16.3. The van der Waals surface area contributed by atoms with Crippen LogP contribution < -0.4 is 10.4 Å². The zero-order valence-corrected chi connectivity index (χ0v) is 16.3. The molecule has 4 heteroatoms. The largest absolute Gasteiger partial charge is 0.482 e. The van der Waals surface area contributed by atoms with E-state index in [1.165, 1.54) is 0 Å². The topological polar surface area (TPSA) is 56.5 Å². The molecule has 0 radical (unpaired) electrons. The Morgan fingerprint density at radius 2 is 1.79 bits per heavy atom. The third-order valence-electron chi connectivity index (χ3n) is 5.65. The van der Waals surface area contributed by atoms with Gasteiger partial charge in [-0.3, -0.25) is 4.79 Å². The molecule has 1 fully saturated rings. The number of hydrogen-bond donors (Lipinski definition) is 0. The van der Waals surface area contributed by atoms with Crippen LogP contribution in [0.25, 0.3) is 11.0 Å². The quantitative estimate of drug-likeness (QED) is 0.608. The summed E-state index contributed by atoms with van der Waals surface area (Å²) in [5.74, 6) is 0.771. The average Bonchev–Trinajstić information content (AvgIpc) is 2.70. The van der Waals surface area contributed by atoms with Crippen LogP contribution in [0.3, 0.4) is 0 Å². The van der Waals surface area contributed by atoms with Gasteiger partial charge < -0.3 is 9.15 Å². The van der Waals surface area contributed by atoms with Gasteiger partial charge in [-0.15, -0.1) is 0 Å². The van der Waals surface area contributed by atoms with Crippen molar-refractivity contribution >= 4 is 16.8 Å². The van der Waals surface area contributed by atoms with Gasteiger partial charge in [-0.1, -0.05) is 30.3 Å². The van der Waals surface area contributed by atoms with E-state index in [1.54, 1.807) is 0 Å². The van der Waals surface area contributed by atoms with Gasteiger partial charge in [0.25, 0.3) is 0 Å². The highest BCUT2D eigenvalue weighted by Gasteiger charge is 2.25. The summed E-state index contributed by atoms with van der Waals surface area (Å²) in [7, 11) is 0. The highest BCUT2D eigenvalue weighted by Crippen LogP contribution is 2.32. The van der Waals surface area contributed by atoms with E-state index in [9.17, 15) is 9.59 Å². The van der Waals surface area contributed by atoms with Crippen LogP contribution in [0.5, 0.6) is 5.75 Å². The third kappa shape index (κ3) is 3.47. The van der Waals surface area contributed by atoms with Gasteiger partial charge in [-0.05, 0) is 56.4 Å². The second-order valence-corrected chi connectivity index (χ2v) is 7.54. The van der Waals surface area contributed by atoms with Crippen molar-refractivity contribution in [2.45, 2.75) is 52.1 Å². The van der Waals surface area contributed by atoms with Crippen molar-refractivity contribution in [2.24, 2.45) is 0 Å². The number of fused-ring (bicyclic) bond motifs is 1. The van der Waals surface area contributed by atoms with Crippen LogP contribution in [0.2, 0.25) is 0 Å². The summed E-state index contributed by atoms with van der Waals surface area (Å²) in [6.45, 7) is 3.84. The molecule has 0 aliphatic heterocycles. The van der Waals surface area contributed by atoms with Crippen LogP contribution in [-0.4, -0.2) is 11.9 Å². The van der Waals surface area contributed by atoms with E-state index in [0.29, 0.717) is 29.7 Å². The Balaban J connectivity index is 1.72. The summed E-state index contributed by atoms with van der Waals surface area (Å²) >= 11 is 0. The fourth-order valence-corrected chi connectivity index (χ4v) is 3.93. The Bertz CT molecular complexity index is 1080. The molecule has 2 aromatic carbocycles. The predicted octanol–water partition coefficient (Wildman–Crippen LogP) is 4.89. The smallest absolute Gasteiger partial charge is 0.340 e. The summed E-state index contributed by atoms with van der Waals surface area (Å²) in [6.07, 6.45) is 3.41. The fraction of sp³-hybridized carbons (Fsp3) is 0.333. The number of aryl methyl sites for hydroxylation is 2. The van der Waals surface area contributed by atoms with Gasteiger partial charge in [0.2, 0.25) is 0 Å². The molecule has 3 aromatic rings. The lowest BCUT2D eigenvalue weighted by molar-refractivity contribution is -0.127. The molecule has 28 heavy (non-hydrogen) atoms. The van der Waals surface area contributed by atoms with Gasteiger partial charge in [-0.25, -0.2) is 4.79 Å². The number of carbonyl (C=O) groups excluding carboxylic acids is 1. The van der Waals surface area contributed by atoms with Crippen molar-refractivity contribution in [3.8, 4) is 5.75 Å². The molecular formula is C24H24O4. The number of hydrogen-bond acceptors (Lipinski definition) is 4. The van der Waals surface area contributed by atoms with E-state index in [1.807, 2.05) is 56.3 Å². The molecular weight excluding hydrogens is 352 g/mol. The summed E-state index contributed by atoms with van der Waals surface area (Å²) in [5.41, 5.74) is 3.67. The van der Waals surface area contributed by atoms with Crippen LogP contribution >= 0.6 is 0 Å². The lowest BCUT2D eigenvalue weighted by atomic mass is 9.96. The molecule has 1 saturated carbocycles. The molecule has 0 bridgehead atoms. The van der Waals surface area contributed by atoms with Crippen LogP contribution in [-0.2, 0) is 11.2 Å². The molecule has 0 saturated heterocycles. The molecule has 1 heterocycles. The van der Waals surface area contributed by atoms with Crippen molar-refractivity contribution in [2.75, 3.05) is 0 Å². The first-order valence-corrected chi connectivity index (χ1v) is 9.84. The van der Waals surface area contributed by atoms with Gasteiger partial charge >= 0.3 is 5.63 Å². The van der Waals surface area contributed by atoms with Crippen LogP contribution in [0.4, 0.5) is 0 Å². The van der Waals surface area contributed by atoms with Gasteiger partial charge in [0.05, 0.1) is 0 Å². The lowest BCUT2D eigenvalue weighted by Crippen LogP contribution is -2.30. The Labute approximate surface area is 164 Å². The maximum absolute atomic E-state index is 12.7. The van der Waals surface area contributed by atoms with Crippen molar-refractivity contribution in [3.05, 3.63) is 75.1 Å². The number of ketones is 1. The van der Waals surface area contributed by atoms with E-state index in [0.717, 1.165) is 41.3 Å². The van der Waals surface area contributed by atoms with Crippen LogP contribution in [0.15, 0.2) is 51.7 Å². The molecule has 0 N–H and O–H groups in total. The SMILES string of the molecule is Cc1c(Cc2ccccc2)c(=O)oc2c(C)c(O[C@@H]3CCCCC3=O)ccc12. The monoisotopic (exact) mass is 376 g/mol. The first-order valence-electron chi connectivity index (χ1n) is 9.84. The maximum Gasteiger partial charge on any atom is 0.340 e. The Morgan fingerprint density at radius 3 is 2.54 bits per heavy atom. The molecule has 1 aliphatic rings. The third-order valence-corrected chi connectivity index (χ3v) is 5.65. The average molecular weight is 376 g/mol. The highest BCUT2D eigenvalue weighted by molar-refractivity contribution is 5.87. The molecule has 1 aromatic heterocycles. The van der Waals surface area contributed by atoms with E-state index < -0.39 is 6.10 Å². The second-order valence-electron chi connectivity index (χ2n) is 7.54. The molecule has 0 spiro atoms. The first kappa shape index (κ1) is 18.5. The number of ether oxygens (including phenoxy) is 1. The Hall–Kier alpha value is -2.88. The zero-order chi connectivity index (χ0) is 19.7. The normalized spacial score (nSPS) is 17.1. The number of carbonyl (C=O) groups is 1. The molecule has 4 nitrogen and oxygen atoms in total. The number of benzene rings is 2. The molecule has 0 unspecified atom stereocenters. The Kier molecular flexibility index (Phi) is 5.03. The van der Waals surface area contributed by atoms with E-state index in [4.69, 9.17) is 9.15 Å². The molecule has 0 amide bonds. The minimum Gasteiger partial charge on any atom is -0.482 e. The van der Waals surface area contributed by atoms with Gasteiger partial charge in [0.1, 0.15) is 11.3 Å². The standard InChI is InChI=1S/C24H24O4/c1-15-18-12-13-21(27-22-11-7-6-10-20(22)25)16(2)23(18)28-24(26)19(15)14-17-8-4-3-5-9-17/h3-5,8-9,12-13,22H,6-7,10-11,14H2,1-2H3/t22-/m1/s1. The van der Waals surface area contributed by atoms with Crippen molar-refractivity contribution in [3.63, 3.8) is 0 Å². The van der Waals surface area contributed by atoms with E-state index in [2.05, 4.69) is 0 Å². The molecule has 4 rings (SSSR count). The maximum atomic E-state index is 12.7. The van der Waals surface area contributed by atoms with Crippen LogP contribution in [0, 0.1) is 13.8 Å². The summed E-state index contributed by atoms with van der Waals surface area (Å²) in [4.78, 5) is 24.8. The summed E-state index contributed by atoms with van der Waals surface area (Å²) in [6, 6.07) is 13.7. The molecule has 144 valence electrons. The minimum absolute atomic E-state index is 0.154. The predicted molar refractivity (Wildman–Crippen MR) is 109 cm³/mol. The van der Waals surface area contributed by atoms with Crippen molar-refractivity contribution in [1.29, 1.82) is 0 Å². The van der Waals surface area contributed by atoms with E-state index in [-0.39, 0.29) is 11.4 Å². The Morgan fingerprint density at radius 1 is 1.00 bits per heavy atom. The number of rotatable bonds is 4. The summed E-state index contributed by atoms with van der Waals surface area (Å²) in [5, 5.41) is 0.908. The lowest BCUT2D eigenvalue weighted by Gasteiger charge is -2.23. The fourth-order valence-electron chi connectivity index (χ4n) is 3.93. The van der Waals surface area contributed by atoms with Gasteiger partial charge in [0.15, 0.2) is 11.9 Å². The summed E-state index contributed by atoms with van der Waals surface area (Å²) < 4.78 is 11.7. The van der Waals surface area contributed by atoms with E-state index >= 15 is 0 Å². The first-order chi connectivity index (χ1) is 13.5.